The average molecular weight is 373 g/mol. The van der Waals surface area contributed by atoms with E-state index in [-0.39, 0.29) is 10.8 Å². The molecule has 2 N–H and O–H groups in total. The summed E-state index contributed by atoms with van der Waals surface area (Å²) in [6.45, 7) is 4.21. The highest BCUT2D eigenvalue weighted by atomic mass is 32.1. The lowest BCUT2D eigenvalue weighted by atomic mass is 10.2. The lowest BCUT2D eigenvalue weighted by Crippen LogP contribution is -2.34. The second kappa shape index (κ2) is 8.91. The topological polar surface area (TPSA) is 93.5 Å². The van der Waals surface area contributed by atoms with Gasteiger partial charge >= 0.3 is 0 Å². The molecule has 2 aromatic rings. The normalized spacial score (nSPS) is 10.1. The van der Waals surface area contributed by atoms with Gasteiger partial charge in [-0.15, -0.1) is 0 Å². The lowest BCUT2D eigenvalue weighted by molar-refractivity contribution is -0.384. The number of aryl methyl sites for hydroxylation is 1. The van der Waals surface area contributed by atoms with Crippen molar-refractivity contribution in [1.82, 2.24) is 5.32 Å². The Labute approximate surface area is 156 Å². The number of hydrogen-bond donors (Lipinski definition) is 2. The number of anilines is 1. The van der Waals surface area contributed by atoms with Gasteiger partial charge in [0, 0.05) is 17.8 Å². The molecule has 7 nitrogen and oxygen atoms in total. The van der Waals surface area contributed by atoms with Crippen LogP contribution in [0.25, 0.3) is 0 Å². The van der Waals surface area contributed by atoms with E-state index in [1.165, 1.54) is 12.1 Å². The molecule has 0 bridgehead atoms. The third kappa shape index (κ3) is 5.00. The van der Waals surface area contributed by atoms with Crippen LogP contribution in [-0.2, 0) is 0 Å². The molecule has 0 radical (unpaired) electrons. The summed E-state index contributed by atoms with van der Waals surface area (Å²) in [5.41, 5.74) is 1.59. The predicted molar refractivity (Wildman–Crippen MR) is 104 cm³/mol. The molecule has 1 amide bonds. The highest BCUT2D eigenvalue weighted by molar-refractivity contribution is 7.80. The van der Waals surface area contributed by atoms with Gasteiger partial charge in [0.2, 0.25) is 0 Å². The first-order valence-electron chi connectivity index (χ1n) is 8.01. The number of amides is 1. The Hall–Kier alpha value is -3.00. The largest absolute Gasteiger partial charge is 0.493 e. The number of non-ortho nitro benzene ring substituents is 1. The van der Waals surface area contributed by atoms with Crippen molar-refractivity contribution >= 4 is 34.6 Å². The van der Waals surface area contributed by atoms with E-state index in [1.807, 2.05) is 6.92 Å². The Bertz CT molecular complexity index is 839. The van der Waals surface area contributed by atoms with Crippen LogP contribution >= 0.6 is 12.2 Å². The Morgan fingerprint density at radius 1 is 1.27 bits per heavy atom. The Kier molecular flexibility index (Phi) is 6.62. The molecular formula is C18H19N3O4S. The molecule has 0 aliphatic heterocycles. The van der Waals surface area contributed by atoms with Crippen molar-refractivity contribution in [3.05, 3.63) is 63.7 Å². The number of nitrogens with zero attached hydrogens (tertiary/aromatic N) is 1. The molecule has 2 aromatic carbocycles. The molecule has 0 saturated carbocycles. The zero-order valence-corrected chi connectivity index (χ0v) is 15.3. The summed E-state index contributed by atoms with van der Waals surface area (Å²) in [5, 5.41) is 16.4. The van der Waals surface area contributed by atoms with Crippen molar-refractivity contribution in [1.29, 1.82) is 0 Å². The van der Waals surface area contributed by atoms with Crippen LogP contribution in [0.1, 0.15) is 29.3 Å². The van der Waals surface area contributed by atoms with Gasteiger partial charge < -0.3 is 10.1 Å². The maximum absolute atomic E-state index is 12.4. The first-order chi connectivity index (χ1) is 12.4. The standard InChI is InChI=1S/C18H19N3O4S/c1-3-10-25-16-7-5-4-6-14(16)17(22)20-18(26)19-15-9-8-13(21(23)24)11-12(15)2/h4-9,11H,3,10H2,1-2H3,(H2,19,20,22,26). The van der Waals surface area contributed by atoms with Crippen molar-refractivity contribution in [2.24, 2.45) is 0 Å². The molecule has 0 aromatic heterocycles. The van der Waals surface area contributed by atoms with Crippen LogP contribution < -0.4 is 15.4 Å². The number of nitro benzene ring substituents is 1. The minimum absolute atomic E-state index is 0.00926. The quantitative estimate of drug-likeness (QED) is 0.454. The first kappa shape index (κ1) is 19.3. The molecule has 0 heterocycles. The molecule has 0 aliphatic carbocycles. The van der Waals surface area contributed by atoms with Gasteiger partial charge in [-0.25, -0.2) is 0 Å². The smallest absolute Gasteiger partial charge is 0.269 e. The van der Waals surface area contributed by atoms with Crippen LogP contribution in [0.2, 0.25) is 0 Å². The molecule has 136 valence electrons. The number of hydrogen-bond acceptors (Lipinski definition) is 5. The van der Waals surface area contributed by atoms with E-state index in [9.17, 15) is 14.9 Å². The number of carbonyl (C=O) groups excluding carboxylic acids is 1. The molecule has 26 heavy (non-hydrogen) atoms. The van der Waals surface area contributed by atoms with Crippen molar-refractivity contribution < 1.29 is 14.5 Å². The summed E-state index contributed by atoms with van der Waals surface area (Å²) in [7, 11) is 0. The Balaban J connectivity index is 2.06. The number of para-hydroxylation sites is 1. The summed E-state index contributed by atoms with van der Waals surface area (Å²) >= 11 is 5.17. The first-order valence-corrected chi connectivity index (χ1v) is 8.42. The number of carbonyl (C=O) groups is 1. The molecule has 0 unspecified atom stereocenters. The zero-order valence-electron chi connectivity index (χ0n) is 14.4. The fourth-order valence-corrected chi connectivity index (χ4v) is 2.42. The molecule has 0 spiro atoms. The second-order valence-corrected chi connectivity index (χ2v) is 5.92. The maximum Gasteiger partial charge on any atom is 0.269 e. The van der Waals surface area contributed by atoms with Crippen LogP contribution in [0, 0.1) is 17.0 Å². The highest BCUT2D eigenvalue weighted by Crippen LogP contribution is 2.21. The van der Waals surface area contributed by atoms with Crippen molar-refractivity contribution in [2.75, 3.05) is 11.9 Å². The molecular weight excluding hydrogens is 354 g/mol. The van der Waals surface area contributed by atoms with Crippen molar-refractivity contribution in [3.8, 4) is 5.75 Å². The summed E-state index contributed by atoms with van der Waals surface area (Å²) in [4.78, 5) is 22.8. The van der Waals surface area contributed by atoms with E-state index in [2.05, 4.69) is 10.6 Å². The average Bonchev–Trinajstić information content (AvgIpc) is 2.61. The summed E-state index contributed by atoms with van der Waals surface area (Å²) in [5.74, 6) is 0.0925. The number of benzene rings is 2. The van der Waals surface area contributed by atoms with Crippen molar-refractivity contribution in [2.45, 2.75) is 20.3 Å². The van der Waals surface area contributed by atoms with E-state index in [0.717, 1.165) is 6.42 Å². The van der Waals surface area contributed by atoms with Crippen LogP contribution in [-0.4, -0.2) is 22.5 Å². The van der Waals surface area contributed by atoms with E-state index >= 15 is 0 Å². The number of nitrogens with one attached hydrogen (secondary N) is 2. The monoisotopic (exact) mass is 373 g/mol. The molecule has 0 aliphatic rings. The van der Waals surface area contributed by atoms with Crippen LogP contribution in [0.3, 0.4) is 0 Å². The second-order valence-electron chi connectivity index (χ2n) is 5.51. The summed E-state index contributed by atoms with van der Waals surface area (Å²) in [6, 6.07) is 11.3. The molecule has 0 fully saturated rings. The van der Waals surface area contributed by atoms with Gasteiger partial charge in [0.05, 0.1) is 17.1 Å². The molecule has 0 atom stereocenters. The zero-order chi connectivity index (χ0) is 19.1. The summed E-state index contributed by atoms with van der Waals surface area (Å²) < 4.78 is 5.57. The summed E-state index contributed by atoms with van der Waals surface area (Å²) in [6.07, 6.45) is 0.829. The SMILES string of the molecule is CCCOc1ccccc1C(=O)NC(=S)Nc1ccc([N+](=O)[O-])cc1C. The third-order valence-electron chi connectivity index (χ3n) is 3.49. The van der Waals surface area contributed by atoms with Gasteiger partial charge in [-0.3, -0.25) is 20.2 Å². The molecule has 2 rings (SSSR count). The fraction of sp³-hybridized carbons (Fsp3) is 0.222. The minimum atomic E-state index is -0.468. The van der Waals surface area contributed by atoms with E-state index < -0.39 is 10.8 Å². The van der Waals surface area contributed by atoms with E-state index in [0.29, 0.717) is 29.2 Å². The number of nitro groups is 1. The number of thiocarbonyl (C=S) groups is 1. The van der Waals surface area contributed by atoms with Crippen LogP contribution in [0.4, 0.5) is 11.4 Å². The van der Waals surface area contributed by atoms with Gasteiger partial charge in [-0.05, 0) is 49.3 Å². The van der Waals surface area contributed by atoms with Gasteiger partial charge in [-0.2, -0.15) is 0 Å². The lowest BCUT2D eigenvalue weighted by Gasteiger charge is -2.13. The van der Waals surface area contributed by atoms with E-state index in [1.54, 1.807) is 37.3 Å². The van der Waals surface area contributed by atoms with Gasteiger partial charge in [-0.1, -0.05) is 19.1 Å². The molecule has 0 saturated heterocycles. The predicted octanol–water partition coefficient (Wildman–Crippen LogP) is 3.82. The number of ether oxygens (including phenoxy) is 1. The van der Waals surface area contributed by atoms with Crippen molar-refractivity contribution in [3.63, 3.8) is 0 Å². The van der Waals surface area contributed by atoms with Gasteiger partial charge in [0.1, 0.15) is 5.75 Å². The number of rotatable bonds is 6. The molecule has 8 heteroatoms. The maximum atomic E-state index is 12.4. The fourth-order valence-electron chi connectivity index (χ4n) is 2.22. The minimum Gasteiger partial charge on any atom is -0.493 e. The van der Waals surface area contributed by atoms with Gasteiger partial charge in [0.25, 0.3) is 11.6 Å². The van der Waals surface area contributed by atoms with E-state index in [4.69, 9.17) is 17.0 Å². The van der Waals surface area contributed by atoms with Gasteiger partial charge in [0.15, 0.2) is 5.11 Å². The van der Waals surface area contributed by atoms with Crippen LogP contribution in [0.5, 0.6) is 5.75 Å². The Morgan fingerprint density at radius 3 is 2.65 bits per heavy atom. The Morgan fingerprint density at radius 2 is 2.00 bits per heavy atom. The third-order valence-corrected chi connectivity index (χ3v) is 3.69. The highest BCUT2D eigenvalue weighted by Gasteiger charge is 2.14. The van der Waals surface area contributed by atoms with Crippen LogP contribution in [0.15, 0.2) is 42.5 Å².